The molecule has 186 valence electrons. The van der Waals surface area contributed by atoms with E-state index in [4.69, 9.17) is 0 Å². The number of hydrogen-bond donors (Lipinski definition) is 0. The normalized spacial score (nSPS) is 11.2. The van der Waals surface area contributed by atoms with Crippen molar-refractivity contribution < 1.29 is 0 Å². The SMILES string of the molecule is CN(c1ccccc1-c1ccccc1)c1cc(-c2ccccc2)ccc1-c1cccc2c1sc1ccccc12. The van der Waals surface area contributed by atoms with Gasteiger partial charge in [0.15, 0.2) is 0 Å². The third kappa shape index (κ3) is 4.20. The summed E-state index contributed by atoms with van der Waals surface area (Å²) in [5.74, 6) is 0. The molecule has 6 aromatic carbocycles. The van der Waals surface area contributed by atoms with E-state index in [0.29, 0.717) is 0 Å². The summed E-state index contributed by atoms with van der Waals surface area (Å²) in [5.41, 5.74) is 9.73. The quantitative estimate of drug-likeness (QED) is 0.219. The second-order valence-corrected chi connectivity index (χ2v) is 10.9. The van der Waals surface area contributed by atoms with E-state index in [1.807, 2.05) is 11.3 Å². The van der Waals surface area contributed by atoms with Crippen LogP contribution in [0.4, 0.5) is 11.4 Å². The first-order chi connectivity index (χ1) is 19.3. The highest BCUT2D eigenvalue weighted by molar-refractivity contribution is 7.26. The number of anilines is 2. The summed E-state index contributed by atoms with van der Waals surface area (Å²) >= 11 is 1.88. The molecule has 1 nitrogen and oxygen atoms in total. The molecule has 0 saturated carbocycles. The molecule has 7 rings (SSSR count). The van der Waals surface area contributed by atoms with Gasteiger partial charge >= 0.3 is 0 Å². The maximum Gasteiger partial charge on any atom is 0.0494 e. The van der Waals surface area contributed by atoms with Gasteiger partial charge in [-0.25, -0.2) is 0 Å². The number of hydrogen-bond acceptors (Lipinski definition) is 2. The molecule has 0 spiro atoms. The summed E-state index contributed by atoms with van der Waals surface area (Å²) in [4.78, 5) is 2.36. The average molecular weight is 518 g/mol. The smallest absolute Gasteiger partial charge is 0.0494 e. The molecule has 0 unspecified atom stereocenters. The Morgan fingerprint density at radius 2 is 1.08 bits per heavy atom. The summed E-state index contributed by atoms with van der Waals surface area (Å²) < 4.78 is 2.65. The van der Waals surface area contributed by atoms with Crippen LogP contribution in [0.5, 0.6) is 0 Å². The van der Waals surface area contributed by atoms with E-state index in [-0.39, 0.29) is 0 Å². The van der Waals surface area contributed by atoms with Crippen molar-refractivity contribution in [1.29, 1.82) is 0 Å². The molecule has 0 aliphatic rings. The van der Waals surface area contributed by atoms with Gasteiger partial charge in [-0.1, -0.05) is 127 Å². The van der Waals surface area contributed by atoms with Gasteiger partial charge < -0.3 is 4.90 Å². The lowest BCUT2D eigenvalue weighted by Gasteiger charge is -2.26. The number of benzene rings is 6. The Kier molecular flexibility index (Phi) is 5.96. The van der Waals surface area contributed by atoms with Crippen LogP contribution in [0, 0.1) is 0 Å². The van der Waals surface area contributed by atoms with Crippen LogP contribution in [0.2, 0.25) is 0 Å². The molecule has 2 heteroatoms. The van der Waals surface area contributed by atoms with E-state index >= 15 is 0 Å². The molecule has 0 radical (unpaired) electrons. The Labute approximate surface area is 233 Å². The molecule has 0 bridgehead atoms. The third-order valence-corrected chi connectivity index (χ3v) is 8.73. The Bertz CT molecular complexity index is 1920. The molecule has 0 amide bonds. The maximum absolute atomic E-state index is 2.36. The van der Waals surface area contributed by atoms with Crippen molar-refractivity contribution in [3.8, 4) is 33.4 Å². The van der Waals surface area contributed by atoms with Gasteiger partial charge in [0, 0.05) is 55.3 Å². The standard InChI is InChI=1S/C37H27NS/c1-38(34-21-10-8-17-29(34)27-15-6-3-7-16-27)35-25-28(26-13-4-2-5-14-26)23-24-30(35)32-19-12-20-33-31-18-9-11-22-36(31)39-37(32)33/h2-25H,1H3. The zero-order valence-corrected chi connectivity index (χ0v) is 22.5. The Balaban J connectivity index is 1.47. The largest absolute Gasteiger partial charge is 0.344 e. The lowest BCUT2D eigenvalue weighted by molar-refractivity contribution is 1.21. The van der Waals surface area contributed by atoms with Crippen molar-refractivity contribution in [3.63, 3.8) is 0 Å². The first-order valence-corrected chi connectivity index (χ1v) is 14.1. The average Bonchev–Trinajstić information content (AvgIpc) is 3.40. The van der Waals surface area contributed by atoms with E-state index in [2.05, 4.69) is 158 Å². The molecule has 7 aromatic rings. The van der Waals surface area contributed by atoms with Crippen LogP contribution < -0.4 is 4.90 Å². The van der Waals surface area contributed by atoms with Gasteiger partial charge in [-0.05, 0) is 34.9 Å². The molecule has 0 fully saturated rings. The van der Waals surface area contributed by atoms with Crippen LogP contribution in [0.1, 0.15) is 0 Å². The van der Waals surface area contributed by atoms with Crippen molar-refractivity contribution in [2.24, 2.45) is 0 Å². The monoisotopic (exact) mass is 517 g/mol. The third-order valence-electron chi connectivity index (χ3n) is 7.51. The van der Waals surface area contributed by atoms with Crippen LogP contribution in [0.25, 0.3) is 53.6 Å². The predicted octanol–water partition coefficient (Wildman–Crippen LogP) is 10.8. The molecule has 0 aliphatic carbocycles. The number of para-hydroxylation sites is 1. The Morgan fingerprint density at radius 1 is 0.436 bits per heavy atom. The molecule has 0 aliphatic heterocycles. The molecule has 1 aromatic heterocycles. The summed E-state index contributed by atoms with van der Waals surface area (Å²) in [7, 11) is 2.19. The maximum atomic E-state index is 2.36. The van der Waals surface area contributed by atoms with Gasteiger partial charge in [0.05, 0.1) is 0 Å². The molecular weight excluding hydrogens is 490 g/mol. The fraction of sp³-hybridized carbons (Fsp3) is 0.0270. The van der Waals surface area contributed by atoms with Crippen molar-refractivity contribution in [3.05, 3.63) is 146 Å². The number of fused-ring (bicyclic) bond motifs is 3. The van der Waals surface area contributed by atoms with E-state index in [0.717, 1.165) is 0 Å². The van der Waals surface area contributed by atoms with Crippen molar-refractivity contribution in [2.45, 2.75) is 0 Å². The lowest BCUT2D eigenvalue weighted by atomic mass is 9.95. The van der Waals surface area contributed by atoms with E-state index in [9.17, 15) is 0 Å². The van der Waals surface area contributed by atoms with Gasteiger partial charge in [0.1, 0.15) is 0 Å². The second-order valence-electron chi connectivity index (χ2n) is 9.82. The zero-order valence-electron chi connectivity index (χ0n) is 21.7. The fourth-order valence-corrected chi connectivity index (χ4v) is 6.79. The summed E-state index contributed by atoms with van der Waals surface area (Å²) in [6.45, 7) is 0. The van der Waals surface area contributed by atoms with E-state index in [1.165, 1.54) is 64.9 Å². The van der Waals surface area contributed by atoms with Gasteiger partial charge in [-0.3, -0.25) is 0 Å². The predicted molar refractivity (Wildman–Crippen MR) is 170 cm³/mol. The Hall–Kier alpha value is -4.66. The Morgan fingerprint density at radius 3 is 1.90 bits per heavy atom. The van der Waals surface area contributed by atoms with E-state index in [1.54, 1.807) is 0 Å². The number of rotatable bonds is 5. The van der Waals surface area contributed by atoms with E-state index < -0.39 is 0 Å². The first kappa shape index (κ1) is 23.5. The second kappa shape index (κ2) is 9.90. The highest BCUT2D eigenvalue weighted by atomic mass is 32.1. The zero-order chi connectivity index (χ0) is 26.2. The topological polar surface area (TPSA) is 3.24 Å². The molecule has 39 heavy (non-hydrogen) atoms. The highest BCUT2D eigenvalue weighted by Crippen LogP contribution is 2.45. The highest BCUT2D eigenvalue weighted by Gasteiger charge is 2.19. The molecule has 0 N–H and O–H groups in total. The minimum atomic E-state index is 1.18. The van der Waals surface area contributed by atoms with Crippen LogP contribution in [-0.2, 0) is 0 Å². The van der Waals surface area contributed by atoms with Gasteiger partial charge in [-0.2, -0.15) is 0 Å². The molecule has 1 heterocycles. The number of thiophene rings is 1. The van der Waals surface area contributed by atoms with Gasteiger partial charge in [0.25, 0.3) is 0 Å². The van der Waals surface area contributed by atoms with Crippen molar-refractivity contribution in [2.75, 3.05) is 11.9 Å². The summed E-state index contributed by atoms with van der Waals surface area (Å²) in [6, 6.07) is 52.4. The number of nitrogens with zero attached hydrogens (tertiary/aromatic N) is 1. The van der Waals surface area contributed by atoms with Crippen LogP contribution in [0.15, 0.2) is 146 Å². The van der Waals surface area contributed by atoms with Crippen molar-refractivity contribution >= 4 is 42.9 Å². The molecular formula is C37H27NS. The van der Waals surface area contributed by atoms with Gasteiger partial charge in [-0.15, -0.1) is 11.3 Å². The minimum Gasteiger partial charge on any atom is -0.344 e. The van der Waals surface area contributed by atoms with Crippen molar-refractivity contribution in [1.82, 2.24) is 0 Å². The molecule has 0 saturated heterocycles. The first-order valence-electron chi connectivity index (χ1n) is 13.3. The summed E-state index contributed by atoms with van der Waals surface area (Å²) in [6.07, 6.45) is 0. The van der Waals surface area contributed by atoms with Crippen LogP contribution in [0.3, 0.4) is 0 Å². The lowest BCUT2D eigenvalue weighted by Crippen LogP contribution is -2.12. The van der Waals surface area contributed by atoms with Gasteiger partial charge in [0.2, 0.25) is 0 Å². The molecule has 0 atom stereocenters. The van der Waals surface area contributed by atoms with Crippen LogP contribution >= 0.6 is 11.3 Å². The summed E-state index contributed by atoms with van der Waals surface area (Å²) in [5, 5.41) is 2.64. The fourth-order valence-electron chi connectivity index (χ4n) is 5.56. The minimum absolute atomic E-state index is 1.18. The van der Waals surface area contributed by atoms with Crippen LogP contribution in [-0.4, -0.2) is 7.05 Å².